The number of rotatable bonds is 3. The first-order valence-electron chi connectivity index (χ1n) is 7.17. The van der Waals surface area contributed by atoms with Crippen molar-refractivity contribution in [2.24, 2.45) is 5.92 Å². The Hall–Kier alpha value is -2.14. The van der Waals surface area contributed by atoms with E-state index in [9.17, 15) is 9.59 Å². The van der Waals surface area contributed by atoms with Crippen LogP contribution < -0.4 is 5.73 Å². The Morgan fingerprint density at radius 2 is 1.90 bits per heavy atom. The molecule has 2 aliphatic heterocycles. The van der Waals surface area contributed by atoms with Gasteiger partial charge in [0.05, 0.1) is 5.57 Å². The van der Waals surface area contributed by atoms with Crippen LogP contribution in [0.1, 0.15) is 18.4 Å². The van der Waals surface area contributed by atoms with Gasteiger partial charge in [-0.25, -0.2) is 0 Å². The number of benzene rings is 1. The SMILES string of the molecule is Nc1ccccc1C1=CC(=O)N(CC2CCOCC2)C1=O. The van der Waals surface area contributed by atoms with E-state index in [1.165, 1.54) is 11.0 Å². The fourth-order valence-corrected chi connectivity index (χ4v) is 2.80. The Labute approximate surface area is 123 Å². The van der Waals surface area contributed by atoms with Crippen LogP contribution in [0.3, 0.4) is 0 Å². The Balaban J connectivity index is 1.77. The number of para-hydroxylation sites is 1. The molecule has 2 amide bonds. The molecule has 110 valence electrons. The third kappa shape index (κ3) is 2.69. The Bertz CT molecular complexity index is 603. The van der Waals surface area contributed by atoms with E-state index >= 15 is 0 Å². The fourth-order valence-electron chi connectivity index (χ4n) is 2.80. The molecule has 0 atom stereocenters. The number of carbonyl (C=O) groups is 2. The average Bonchev–Trinajstić information content (AvgIpc) is 2.77. The first kappa shape index (κ1) is 13.8. The molecule has 0 spiro atoms. The van der Waals surface area contributed by atoms with Gasteiger partial charge in [-0.1, -0.05) is 18.2 Å². The second kappa shape index (κ2) is 5.69. The number of nitrogen functional groups attached to an aromatic ring is 1. The molecule has 0 saturated carbocycles. The van der Waals surface area contributed by atoms with Crippen LogP contribution >= 0.6 is 0 Å². The van der Waals surface area contributed by atoms with Gasteiger partial charge in [-0.3, -0.25) is 14.5 Å². The van der Waals surface area contributed by atoms with E-state index in [0.717, 1.165) is 12.8 Å². The number of carbonyl (C=O) groups excluding carboxylic acids is 2. The summed E-state index contributed by atoms with van der Waals surface area (Å²) in [5, 5.41) is 0. The molecule has 0 radical (unpaired) electrons. The maximum absolute atomic E-state index is 12.5. The van der Waals surface area contributed by atoms with Crippen molar-refractivity contribution in [2.45, 2.75) is 12.8 Å². The molecule has 1 fully saturated rings. The standard InChI is InChI=1S/C16H18N2O3/c17-14-4-2-1-3-12(14)13-9-15(19)18(16(13)20)10-11-5-7-21-8-6-11/h1-4,9,11H,5-8,10,17H2. The lowest BCUT2D eigenvalue weighted by atomic mass is 9.99. The molecule has 2 aliphatic rings. The minimum absolute atomic E-state index is 0.246. The van der Waals surface area contributed by atoms with E-state index in [4.69, 9.17) is 10.5 Å². The van der Waals surface area contributed by atoms with Gasteiger partial charge in [0.15, 0.2) is 0 Å². The number of hydrogen-bond acceptors (Lipinski definition) is 4. The summed E-state index contributed by atoms with van der Waals surface area (Å²) in [5.41, 5.74) is 7.43. The highest BCUT2D eigenvalue weighted by molar-refractivity contribution is 6.34. The van der Waals surface area contributed by atoms with E-state index in [-0.39, 0.29) is 11.8 Å². The summed E-state index contributed by atoms with van der Waals surface area (Å²) in [6.45, 7) is 1.87. The number of nitrogens with two attached hydrogens (primary N) is 1. The fraction of sp³-hybridized carbons (Fsp3) is 0.375. The molecule has 2 heterocycles. The predicted molar refractivity (Wildman–Crippen MR) is 79.1 cm³/mol. The maximum atomic E-state index is 12.5. The van der Waals surface area contributed by atoms with Crippen LogP contribution in [-0.2, 0) is 14.3 Å². The van der Waals surface area contributed by atoms with Crippen molar-refractivity contribution in [1.82, 2.24) is 4.90 Å². The van der Waals surface area contributed by atoms with Crippen LogP contribution in [0.4, 0.5) is 5.69 Å². The number of ether oxygens (including phenoxy) is 1. The van der Waals surface area contributed by atoms with Gasteiger partial charge in [0.2, 0.25) is 0 Å². The van der Waals surface area contributed by atoms with Crippen molar-refractivity contribution >= 4 is 23.1 Å². The van der Waals surface area contributed by atoms with Crippen molar-refractivity contribution in [2.75, 3.05) is 25.5 Å². The molecule has 1 saturated heterocycles. The summed E-state index contributed by atoms with van der Waals surface area (Å²) >= 11 is 0. The first-order chi connectivity index (χ1) is 10.2. The average molecular weight is 286 g/mol. The van der Waals surface area contributed by atoms with Gasteiger partial charge in [-0.15, -0.1) is 0 Å². The van der Waals surface area contributed by atoms with Crippen molar-refractivity contribution < 1.29 is 14.3 Å². The normalized spacial score (nSPS) is 20.0. The number of anilines is 1. The van der Waals surface area contributed by atoms with Crippen LogP contribution in [0.15, 0.2) is 30.3 Å². The lowest BCUT2D eigenvalue weighted by Gasteiger charge is -2.26. The summed E-state index contributed by atoms with van der Waals surface area (Å²) in [6.07, 6.45) is 3.17. The smallest absolute Gasteiger partial charge is 0.261 e. The first-order valence-corrected chi connectivity index (χ1v) is 7.17. The molecular formula is C16H18N2O3. The predicted octanol–water partition coefficient (Wildman–Crippen LogP) is 1.45. The van der Waals surface area contributed by atoms with E-state index < -0.39 is 0 Å². The summed E-state index contributed by atoms with van der Waals surface area (Å²) in [4.78, 5) is 25.9. The molecular weight excluding hydrogens is 268 g/mol. The van der Waals surface area contributed by atoms with Gasteiger partial charge in [0.1, 0.15) is 0 Å². The van der Waals surface area contributed by atoms with Gasteiger partial charge < -0.3 is 10.5 Å². The zero-order valence-corrected chi connectivity index (χ0v) is 11.7. The molecule has 1 aromatic rings. The summed E-state index contributed by atoms with van der Waals surface area (Å²) in [6, 6.07) is 7.12. The lowest BCUT2D eigenvalue weighted by Crippen LogP contribution is -2.37. The number of amides is 2. The van der Waals surface area contributed by atoms with Gasteiger partial charge in [0.25, 0.3) is 11.8 Å². The zero-order valence-electron chi connectivity index (χ0n) is 11.7. The molecule has 5 nitrogen and oxygen atoms in total. The van der Waals surface area contributed by atoms with Crippen molar-refractivity contribution in [3.63, 3.8) is 0 Å². The number of imide groups is 1. The van der Waals surface area contributed by atoms with Crippen LogP contribution in [-0.4, -0.2) is 36.5 Å². The minimum atomic E-state index is -0.246. The molecule has 0 unspecified atom stereocenters. The van der Waals surface area contributed by atoms with Crippen LogP contribution in [0, 0.1) is 5.92 Å². The van der Waals surface area contributed by atoms with E-state index in [1.54, 1.807) is 18.2 Å². The maximum Gasteiger partial charge on any atom is 0.261 e. The zero-order chi connectivity index (χ0) is 14.8. The topological polar surface area (TPSA) is 72.6 Å². The molecule has 0 aliphatic carbocycles. The molecule has 21 heavy (non-hydrogen) atoms. The Morgan fingerprint density at radius 1 is 1.19 bits per heavy atom. The third-order valence-corrected chi connectivity index (χ3v) is 4.04. The van der Waals surface area contributed by atoms with E-state index in [2.05, 4.69) is 0 Å². The Kier molecular flexibility index (Phi) is 3.75. The van der Waals surface area contributed by atoms with Gasteiger partial charge in [-0.2, -0.15) is 0 Å². The van der Waals surface area contributed by atoms with Crippen LogP contribution in [0.25, 0.3) is 5.57 Å². The summed E-state index contributed by atoms with van der Waals surface area (Å²) < 4.78 is 5.31. The molecule has 3 rings (SSSR count). The van der Waals surface area contributed by atoms with Crippen molar-refractivity contribution in [3.05, 3.63) is 35.9 Å². The Morgan fingerprint density at radius 3 is 2.62 bits per heavy atom. The largest absolute Gasteiger partial charge is 0.398 e. The molecule has 5 heteroatoms. The number of hydrogen-bond donors (Lipinski definition) is 1. The van der Waals surface area contributed by atoms with Crippen LogP contribution in [0.2, 0.25) is 0 Å². The highest BCUT2D eigenvalue weighted by Crippen LogP contribution is 2.29. The molecule has 1 aromatic carbocycles. The second-order valence-corrected chi connectivity index (χ2v) is 5.46. The van der Waals surface area contributed by atoms with E-state index in [0.29, 0.717) is 42.5 Å². The summed E-state index contributed by atoms with van der Waals surface area (Å²) in [7, 11) is 0. The van der Waals surface area contributed by atoms with Crippen LogP contribution in [0.5, 0.6) is 0 Å². The molecule has 0 aromatic heterocycles. The minimum Gasteiger partial charge on any atom is -0.398 e. The van der Waals surface area contributed by atoms with E-state index in [1.807, 2.05) is 6.07 Å². The van der Waals surface area contributed by atoms with Gasteiger partial charge >= 0.3 is 0 Å². The second-order valence-electron chi connectivity index (χ2n) is 5.46. The quantitative estimate of drug-likeness (QED) is 0.674. The van der Waals surface area contributed by atoms with Gasteiger partial charge in [0, 0.05) is 37.1 Å². The third-order valence-electron chi connectivity index (χ3n) is 4.04. The van der Waals surface area contributed by atoms with Crippen molar-refractivity contribution in [3.8, 4) is 0 Å². The molecule has 0 bridgehead atoms. The monoisotopic (exact) mass is 286 g/mol. The lowest BCUT2D eigenvalue weighted by molar-refractivity contribution is -0.137. The summed E-state index contributed by atoms with van der Waals surface area (Å²) in [5.74, 6) is -0.165. The number of nitrogens with zero attached hydrogens (tertiary/aromatic N) is 1. The van der Waals surface area contributed by atoms with Gasteiger partial charge in [-0.05, 0) is 24.8 Å². The highest BCUT2D eigenvalue weighted by atomic mass is 16.5. The highest BCUT2D eigenvalue weighted by Gasteiger charge is 2.34. The van der Waals surface area contributed by atoms with Crippen molar-refractivity contribution in [1.29, 1.82) is 0 Å². The molecule has 2 N–H and O–H groups in total.